The highest BCUT2D eigenvalue weighted by molar-refractivity contribution is 7.18. The van der Waals surface area contributed by atoms with Crippen LogP contribution in [-0.4, -0.2) is 4.98 Å². The van der Waals surface area contributed by atoms with Gasteiger partial charge in [0.15, 0.2) is 5.60 Å². The molecule has 0 saturated carbocycles. The minimum absolute atomic E-state index is 0.622. The molecule has 5 rings (SSSR count). The minimum Gasteiger partial charge on any atom is -0.473 e. The van der Waals surface area contributed by atoms with Crippen molar-refractivity contribution in [3.8, 4) is 5.75 Å². The Labute approximate surface area is 156 Å². The fourth-order valence-electron chi connectivity index (χ4n) is 3.61. The van der Waals surface area contributed by atoms with Crippen molar-refractivity contribution in [2.75, 3.05) is 0 Å². The fraction of sp³-hybridized carbons (Fsp3) is 0.0870. The van der Waals surface area contributed by atoms with Crippen LogP contribution in [0.15, 0.2) is 78.9 Å². The first-order valence-corrected chi connectivity index (χ1v) is 9.47. The second kappa shape index (κ2) is 5.82. The minimum atomic E-state index is -0.622. The van der Waals surface area contributed by atoms with Crippen molar-refractivity contribution in [2.24, 2.45) is 0 Å². The van der Waals surface area contributed by atoms with Gasteiger partial charge in [-0.25, -0.2) is 4.98 Å². The van der Waals surface area contributed by atoms with Crippen LogP contribution in [-0.2, 0) is 5.60 Å². The summed E-state index contributed by atoms with van der Waals surface area (Å²) in [4.78, 5) is 4.60. The van der Waals surface area contributed by atoms with Gasteiger partial charge in [0.05, 0.1) is 15.2 Å². The maximum Gasteiger partial charge on any atom is 0.178 e. The van der Waals surface area contributed by atoms with Gasteiger partial charge in [0.1, 0.15) is 5.75 Å². The van der Waals surface area contributed by atoms with E-state index in [1.54, 1.807) is 11.3 Å². The second-order valence-electron chi connectivity index (χ2n) is 6.46. The number of rotatable bonds is 2. The first-order chi connectivity index (χ1) is 12.8. The molecule has 0 spiro atoms. The molecule has 0 saturated heterocycles. The van der Waals surface area contributed by atoms with Crippen molar-refractivity contribution >= 4 is 27.6 Å². The van der Waals surface area contributed by atoms with Gasteiger partial charge in [0, 0.05) is 16.7 Å². The first kappa shape index (κ1) is 15.4. The summed E-state index contributed by atoms with van der Waals surface area (Å²) in [6.07, 6.45) is 4.37. The highest BCUT2D eigenvalue weighted by Crippen LogP contribution is 2.44. The number of hydrogen-bond acceptors (Lipinski definition) is 3. The molecule has 1 aliphatic heterocycles. The molecule has 0 aliphatic carbocycles. The molecule has 1 aliphatic rings. The Morgan fingerprint density at radius 1 is 0.846 bits per heavy atom. The summed E-state index contributed by atoms with van der Waals surface area (Å²) in [6.45, 7) is 2.04. The lowest BCUT2D eigenvalue weighted by molar-refractivity contribution is 0.161. The summed E-state index contributed by atoms with van der Waals surface area (Å²) in [6, 6.07) is 24.9. The van der Waals surface area contributed by atoms with Crippen LogP contribution in [0.3, 0.4) is 0 Å². The molecule has 0 amide bonds. The average Bonchev–Trinajstić information content (AvgIpc) is 3.09. The van der Waals surface area contributed by atoms with Gasteiger partial charge in [-0.1, -0.05) is 60.7 Å². The van der Waals surface area contributed by atoms with E-state index < -0.39 is 5.60 Å². The Morgan fingerprint density at radius 3 is 2.15 bits per heavy atom. The normalized spacial score (nSPS) is 14.8. The summed E-state index contributed by atoms with van der Waals surface area (Å²) in [7, 11) is 0. The molecule has 0 fully saturated rings. The predicted octanol–water partition coefficient (Wildman–Crippen LogP) is 5.95. The Morgan fingerprint density at radius 2 is 1.50 bits per heavy atom. The highest BCUT2D eigenvalue weighted by Gasteiger charge is 2.37. The molecule has 26 heavy (non-hydrogen) atoms. The van der Waals surface area contributed by atoms with Crippen LogP contribution < -0.4 is 4.74 Å². The van der Waals surface area contributed by atoms with Crippen LogP contribution in [0.25, 0.3) is 16.3 Å². The zero-order valence-corrected chi connectivity index (χ0v) is 15.2. The maximum absolute atomic E-state index is 6.70. The molecule has 1 aromatic heterocycles. The summed E-state index contributed by atoms with van der Waals surface area (Å²) in [5.41, 5.74) is 3.77. The molecule has 2 heterocycles. The molecule has 0 atom stereocenters. The first-order valence-electron chi connectivity index (χ1n) is 8.66. The van der Waals surface area contributed by atoms with Gasteiger partial charge in [0.2, 0.25) is 0 Å². The van der Waals surface area contributed by atoms with E-state index in [1.807, 2.05) is 25.1 Å². The van der Waals surface area contributed by atoms with E-state index in [0.717, 1.165) is 33.0 Å². The number of benzene rings is 3. The largest absolute Gasteiger partial charge is 0.473 e. The van der Waals surface area contributed by atoms with Gasteiger partial charge >= 0.3 is 0 Å². The quantitative estimate of drug-likeness (QED) is 0.443. The third kappa shape index (κ3) is 2.28. The zero-order chi connectivity index (χ0) is 17.6. The van der Waals surface area contributed by atoms with Crippen LogP contribution >= 0.6 is 11.3 Å². The SMILES string of the molecule is Cc1nc2ccc3c(c2s1)C=CC(c1ccccc1)(c1ccccc1)O3. The highest BCUT2D eigenvalue weighted by atomic mass is 32.1. The third-order valence-corrected chi connectivity index (χ3v) is 5.84. The standard InChI is InChI=1S/C23H17NOS/c1-16-24-20-12-13-21-19(22(20)26-16)14-15-23(25-21,17-8-4-2-5-9-17)18-10-6-3-7-11-18/h2-15H,1H3. The molecule has 0 unspecified atom stereocenters. The number of thiazole rings is 1. The molecule has 3 aromatic carbocycles. The lowest BCUT2D eigenvalue weighted by atomic mass is 9.83. The lowest BCUT2D eigenvalue weighted by Gasteiger charge is -2.36. The molecule has 4 aromatic rings. The van der Waals surface area contributed by atoms with Crippen LogP contribution in [0, 0.1) is 6.92 Å². The van der Waals surface area contributed by atoms with Gasteiger partial charge < -0.3 is 4.74 Å². The fourth-order valence-corrected chi connectivity index (χ4v) is 4.55. The second-order valence-corrected chi connectivity index (χ2v) is 7.66. The van der Waals surface area contributed by atoms with Crippen LogP contribution in [0.4, 0.5) is 0 Å². The van der Waals surface area contributed by atoms with E-state index in [0.29, 0.717) is 0 Å². The van der Waals surface area contributed by atoms with Crippen LogP contribution in [0.5, 0.6) is 5.75 Å². The lowest BCUT2D eigenvalue weighted by Crippen LogP contribution is -2.34. The zero-order valence-electron chi connectivity index (χ0n) is 14.3. The molecule has 0 N–H and O–H groups in total. The molecule has 0 bridgehead atoms. The van der Waals surface area contributed by atoms with E-state index in [9.17, 15) is 0 Å². The van der Waals surface area contributed by atoms with Gasteiger partial charge in [0.25, 0.3) is 0 Å². The Hall–Kier alpha value is -2.91. The van der Waals surface area contributed by atoms with E-state index in [4.69, 9.17) is 4.74 Å². The number of aryl methyl sites for hydroxylation is 1. The van der Waals surface area contributed by atoms with E-state index in [1.165, 1.54) is 4.70 Å². The number of ether oxygens (including phenoxy) is 1. The van der Waals surface area contributed by atoms with Crippen LogP contribution in [0.1, 0.15) is 21.7 Å². The Balaban J connectivity index is 1.74. The third-order valence-electron chi connectivity index (χ3n) is 4.82. The van der Waals surface area contributed by atoms with Crippen molar-refractivity contribution in [3.63, 3.8) is 0 Å². The van der Waals surface area contributed by atoms with E-state index in [2.05, 4.69) is 71.7 Å². The topological polar surface area (TPSA) is 22.1 Å². The van der Waals surface area contributed by atoms with Crippen molar-refractivity contribution < 1.29 is 4.74 Å². The summed E-state index contributed by atoms with van der Waals surface area (Å²) >= 11 is 1.72. The summed E-state index contributed by atoms with van der Waals surface area (Å²) < 4.78 is 7.89. The summed E-state index contributed by atoms with van der Waals surface area (Å²) in [5, 5.41) is 1.07. The van der Waals surface area contributed by atoms with Crippen molar-refractivity contribution in [1.82, 2.24) is 4.98 Å². The Kier molecular flexibility index (Phi) is 3.44. The Bertz CT molecular complexity index is 1070. The van der Waals surface area contributed by atoms with Crippen LogP contribution in [0.2, 0.25) is 0 Å². The maximum atomic E-state index is 6.70. The van der Waals surface area contributed by atoms with Gasteiger partial charge in [-0.3, -0.25) is 0 Å². The molecule has 126 valence electrons. The molecule has 2 nitrogen and oxygen atoms in total. The van der Waals surface area contributed by atoms with Gasteiger partial charge in [-0.15, -0.1) is 11.3 Å². The monoisotopic (exact) mass is 355 g/mol. The number of aromatic nitrogens is 1. The molecular formula is C23H17NOS. The van der Waals surface area contributed by atoms with Gasteiger partial charge in [-0.05, 0) is 31.2 Å². The molecule has 0 radical (unpaired) electrons. The number of hydrogen-bond donors (Lipinski definition) is 0. The van der Waals surface area contributed by atoms with Gasteiger partial charge in [-0.2, -0.15) is 0 Å². The number of nitrogens with zero attached hydrogens (tertiary/aromatic N) is 1. The molecular weight excluding hydrogens is 338 g/mol. The van der Waals surface area contributed by atoms with Crippen molar-refractivity contribution in [3.05, 3.63) is 101 Å². The van der Waals surface area contributed by atoms with E-state index in [-0.39, 0.29) is 0 Å². The van der Waals surface area contributed by atoms with E-state index >= 15 is 0 Å². The van der Waals surface area contributed by atoms with Crippen molar-refractivity contribution in [1.29, 1.82) is 0 Å². The molecule has 3 heteroatoms. The van der Waals surface area contributed by atoms with Crippen molar-refractivity contribution in [2.45, 2.75) is 12.5 Å². The average molecular weight is 355 g/mol. The smallest absolute Gasteiger partial charge is 0.178 e. The number of fused-ring (bicyclic) bond motifs is 3. The summed E-state index contributed by atoms with van der Waals surface area (Å²) in [5.74, 6) is 0.899. The predicted molar refractivity (Wildman–Crippen MR) is 108 cm³/mol.